The van der Waals surface area contributed by atoms with E-state index in [1.807, 2.05) is 55.5 Å². The summed E-state index contributed by atoms with van der Waals surface area (Å²) in [7, 11) is 1.67. The Hall–Kier alpha value is -2.41. The SMILES string of the molecule is CCOc1ccc(NCc2cc(I)c(OCc3ccccc3)c(OC)c2)cc1. The van der Waals surface area contributed by atoms with Crippen LogP contribution in [-0.4, -0.2) is 13.7 Å². The third kappa shape index (κ3) is 5.55. The summed E-state index contributed by atoms with van der Waals surface area (Å²) < 4.78 is 18.1. The Morgan fingerprint density at radius 1 is 0.893 bits per heavy atom. The van der Waals surface area contributed by atoms with Gasteiger partial charge in [-0.25, -0.2) is 0 Å². The monoisotopic (exact) mass is 489 g/mol. The van der Waals surface area contributed by atoms with Crippen LogP contribution in [0, 0.1) is 3.57 Å². The topological polar surface area (TPSA) is 39.7 Å². The van der Waals surface area contributed by atoms with E-state index in [9.17, 15) is 0 Å². The Balaban J connectivity index is 1.66. The summed E-state index contributed by atoms with van der Waals surface area (Å²) in [6.45, 7) is 3.86. The molecule has 0 aliphatic carbocycles. The maximum Gasteiger partial charge on any atom is 0.174 e. The van der Waals surface area contributed by atoms with Gasteiger partial charge in [-0.2, -0.15) is 0 Å². The molecule has 1 N–H and O–H groups in total. The summed E-state index contributed by atoms with van der Waals surface area (Å²) in [4.78, 5) is 0. The first kappa shape index (κ1) is 20.3. The molecule has 4 nitrogen and oxygen atoms in total. The highest BCUT2D eigenvalue weighted by atomic mass is 127. The molecule has 146 valence electrons. The van der Waals surface area contributed by atoms with E-state index in [0.29, 0.717) is 19.8 Å². The molecule has 0 aromatic heterocycles. The molecule has 0 heterocycles. The van der Waals surface area contributed by atoms with Crippen LogP contribution in [0.15, 0.2) is 66.7 Å². The van der Waals surface area contributed by atoms with Gasteiger partial charge in [-0.1, -0.05) is 30.3 Å². The number of rotatable bonds is 9. The first-order chi connectivity index (χ1) is 13.7. The van der Waals surface area contributed by atoms with Gasteiger partial charge >= 0.3 is 0 Å². The molecule has 0 amide bonds. The van der Waals surface area contributed by atoms with E-state index in [1.165, 1.54) is 0 Å². The minimum Gasteiger partial charge on any atom is -0.494 e. The van der Waals surface area contributed by atoms with Gasteiger partial charge in [-0.3, -0.25) is 0 Å². The van der Waals surface area contributed by atoms with E-state index in [1.54, 1.807) is 7.11 Å². The Bertz CT molecular complexity index is 882. The third-order valence-electron chi connectivity index (χ3n) is 4.18. The molecule has 0 fully saturated rings. The molecule has 0 unspecified atom stereocenters. The Morgan fingerprint density at radius 3 is 2.32 bits per heavy atom. The molecular formula is C23H24INO3. The van der Waals surface area contributed by atoms with Gasteiger partial charge in [0, 0.05) is 12.2 Å². The first-order valence-electron chi connectivity index (χ1n) is 9.19. The van der Waals surface area contributed by atoms with Crippen LogP contribution in [0.2, 0.25) is 0 Å². The minimum atomic E-state index is 0.511. The second-order valence-corrected chi connectivity index (χ2v) is 7.36. The summed E-state index contributed by atoms with van der Waals surface area (Å²) in [5.41, 5.74) is 3.30. The van der Waals surface area contributed by atoms with Gasteiger partial charge in [-0.15, -0.1) is 0 Å². The molecule has 5 heteroatoms. The first-order valence-corrected chi connectivity index (χ1v) is 10.3. The number of ether oxygens (including phenoxy) is 3. The van der Waals surface area contributed by atoms with Gasteiger partial charge in [0.2, 0.25) is 0 Å². The number of anilines is 1. The van der Waals surface area contributed by atoms with Gasteiger partial charge in [-0.05, 0) is 77.0 Å². The van der Waals surface area contributed by atoms with E-state index in [2.05, 4.69) is 46.1 Å². The molecule has 0 aliphatic rings. The summed E-state index contributed by atoms with van der Waals surface area (Å²) in [6, 6.07) is 22.2. The van der Waals surface area contributed by atoms with E-state index < -0.39 is 0 Å². The third-order valence-corrected chi connectivity index (χ3v) is 4.98. The van der Waals surface area contributed by atoms with Crippen molar-refractivity contribution >= 4 is 28.3 Å². The lowest BCUT2D eigenvalue weighted by Gasteiger charge is -2.15. The fraction of sp³-hybridized carbons (Fsp3) is 0.217. The van der Waals surface area contributed by atoms with Gasteiger partial charge < -0.3 is 19.5 Å². The van der Waals surface area contributed by atoms with Crippen molar-refractivity contribution in [3.63, 3.8) is 0 Å². The molecule has 28 heavy (non-hydrogen) atoms. The predicted octanol–water partition coefficient (Wildman–Crippen LogP) is 5.89. The fourth-order valence-corrected chi connectivity index (χ4v) is 3.61. The quantitative estimate of drug-likeness (QED) is 0.381. The number of hydrogen-bond donors (Lipinski definition) is 1. The normalized spacial score (nSPS) is 10.4. The van der Waals surface area contributed by atoms with Crippen molar-refractivity contribution in [2.45, 2.75) is 20.1 Å². The zero-order valence-corrected chi connectivity index (χ0v) is 18.2. The van der Waals surface area contributed by atoms with Gasteiger partial charge in [0.05, 0.1) is 17.3 Å². The van der Waals surface area contributed by atoms with Crippen LogP contribution >= 0.6 is 22.6 Å². The van der Waals surface area contributed by atoms with Crippen molar-refractivity contribution in [3.05, 3.63) is 81.4 Å². The standard InChI is InChI=1S/C23H24INO3/c1-3-27-20-11-9-19(10-12-20)25-15-18-13-21(24)23(22(14-18)26-2)28-16-17-7-5-4-6-8-17/h4-14,25H,3,15-16H2,1-2H3. The molecule has 3 aromatic carbocycles. The summed E-state index contributed by atoms with van der Waals surface area (Å²) in [5, 5.41) is 3.43. The Kier molecular flexibility index (Phi) is 7.42. The molecule has 0 saturated heterocycles. The number of benzene rings is 3. The van der Waals surface area contributed by atoms with Crippen molar-refractivity contribution in [1.82, 2.24) is 0 Å². The minimum absolute atomic E-state index is 0.511. The lowest BCUT2D eigenvalue weighted by Crippen LogP contribution is -2.03. The highest BCUT2D eigenvalue weighted by molar-refractivity contribution is 14.1. The van der Waals surface area contributed by atoms with Crippen molar-refractivity contribution in [2.75, 3.05) is 19.0 Å². The molecule has 0 radical (unpaired) electrons. The molecule has 3 aromatic rings. The second-order valence-electron chi connectivity index (χ2n) is 6.19. The van der Waals surface area contributed by atoms with Crippen LogP contribution in [0.5, 0.6) is 17.2 Å². The number of nitrogens with one attached hydrogen (secondary N) is 1. The average molecular weight is 489 g/mol. The largest absolute Gasteiger partial charge is 0.494 e. The molecular weight excluding hydrogens is 465 g/mol. The number of hydrogen-bond acceptors (Lipinski definition) is 4. The fourth-order valence-electron chi connectivity index (χ4n) is 2.78. The molecule has 0 saturated carbocycles. The van der Waals surface area contributed by atoms with Crippen LogP contribution in [0.3, 0.4) is 0 Å². The zero-order chi connectivity index (χ0) is 19.8. The summed E-state index contributed by atoms with van der Waals surface area (Å²) >= 11 is 2.30. The van der Waals surface area contributed by atoms with E-state index in [-0.39, 0.29) is 0 Å². The van der Waals surface area contributed by atoms with Crippen LogP contribution < -0.4 is 19.5 Å². The zero-order valence-electron chi connectivity index (χ0n) is 16.1. The van der Waals surface area contributed by atoms with Crippen LogP contribution in [-0.2, 0) is 13.2 Å². The van der Waals surface area contributed by atoms with Gasteiger partial charge in [0.15, 0.2) is 11.5 Å². The van der Waals surface area contributed by atoms with Crippen LogP contribution in [0.4, 0.5) is 5.69 Å². The number of methoxy groups -OCH3 is 1. The highest BCUT2D eigenvalue weighted by Gasteiger charge is 2.12. The lowest BCUT2D eigenvalue weighted by molar-refractivity contribution is 0.282. The van der Waals surface area contributed by atoms with Crippen LogP contribution in [0.25, 0.3) is 0 Å². The molecule has 0 aliphatic heterocycles. The second kappa shape index (κ2) is 10.2. The molecule has 0 bridgehead atoms. The Morgan fingerprint density at radius 2 is 1.64 bits per heavy atom. The predicted molar refractivity (Wildman–Crippen MR) is 121 cm³/mol. The van der Waals surface area contributed by atoms with Crippen molar-refractivity contribution < 1.29 is 14.2 Å². The maximum absolute atomic E-state index is 6.03. The number of halogens is 1. The molecule has 3 rings (SSSR count). The Labute approximate surface area is 180 Å². The highest BCUT2D eigenvalue weighted by Crippen LogP contribution is 2.34. The van der Waals surface area contributed by atoms with Gasteiger partial charge in [0.1, 0.15) is 12.4 Å². The van der Waals surface area contributed by atoms with Crippen molar-refractivity contribution in [3.8, 4) is 17.2 Å². The van der Waals surface area contributed by atoms with Gasteiger partial charge in [0.25, 0.3) is 0 Å². The molecule has 0 spiro atoms. The van der Waals surface area contributed by atoms with Crippen molar-refractivity contribution in [2.24, 2.45) is 0 Å². The summed E-state index contributed by atoms with van der Waals surface area (Å²) in [5.74, 6) is 2.40. The summed E-state index contributed by atoms with van der Waals surface area (Å²) in [6.07, 6.45) is 0. The van der Waals surface area contributed by atoms with E-state index in [0.717, 1.165) is 37.6 Å². The smallest absolute Gasteiger partial charge is 0.174 e. The average Bonchev–Trinajstić information content (AvgIpc) is 2.73. The lowest BCUT2D eigenvalue weighted by atomic mass is 10.2. The van der Waals surface area contributed by atoms with Crippen LogP contribution in [0.1, 0.15) is 18.1 Å². The van der Waals surface area contributed by atoms with E-state index >= 15 is 0 Å². The van der Waals surface area contributed by atoms with E-state index in [4.69, 9.17) is 14.2 Å². The maximum atomic E-state index is 6.03. The molecule has 0 atom stereocenters. The van der Waals surface area contributed by atoms with Crippen molar-refractivity contribution in [1.29, 1.82) is 0 Å².